The molecule has 140 valence electrons. The standard InChI is InChI=1S/C22H24N2O2S/c1-16(27(25,26)20-8-4-3-5-9-20)17-10-11-22-21(14-17)18(15-23-22)13-19-7-6-12-24(19)2/h3-5,8-11,14-15,19,23H,1,6-7,12-13H2,2H3. The molecule has 0 aliphatic carbocycles. The SMILES string of the molecule is C=C(c1ccc2[nH]cc(CC3CCCN3C)c2c1)S(=O)(=O)c1ccccc1. The highest BCUT2D eigenvalue weighted by Crippen LogP contribution is 2.31. The Labute approximate surface area is 160 Å². The van der Waals surface area contributed by atoms with Crippen molar-refractivity contribution in [2.24, 2.45) is 0 Å². The second-order valence-electron chi connectivity index (χ2n) is 7.29. The predicted molar refractivity (Wildman–Crippen MR) is 110 cm³/mol. The van der Waals surface area contributed by atoms with Crippen LogP contribution in [0.1, 0.15) is 24.0 Å². The Morgan fingerprint density at radius 2 is 2.00 bits per heavy atom. The molecule has 1 N–H and O–H groups in total. The van der Waals surface area contributed by atoms with Crippen LogP contribution >= 0.6 is 0 Å². The number of fused-ring (bicyclic) bond motifs is 1. The van der Waals surface area contributed by atoms with Crippen LogP contribution < -0.4 is 0 Å². The summed E-state index contributed by atoms with van der Waals surface area (Å²) in [6.07, 6.45) is 5.46. The molecule has 1 aliphatic rings. The molecular weight excluding hydrogens is 356 g/mol. The average molecular weight is 381 g/mol. The number of likely N-dealkylation sites (N-methyl/N-ethyl adjacent to an activating group) is 1. The summed E-state index contributed by atoms with van der Waals surface area (Å²) in [5.74, 6) is 0. The molecule has 1 unspecified atom stereocenters. The number of rotatable bonds is 5. The Morgan fingerprint density at radius 3 is 2.70 bits per heavy atom. The molecule has 1 saturated heterocycles. The smallest absolute Gasteiger partial charge is 0.206 e. The van der Waals surface area contributed by atoms with E-state index < -0.39 is 9.84 Å². The lowest BCUT2D eigenvalue weighted by Crippen LogP contribution is -2.26. The number of likely N-dealkylation sites (tertiary alicyclic amines) is 1. The first-order chi connectivity index (χ1) is 13.0. The molecule has 0 spiro atoms. The van der Waals surface area contributed by atoms with Crippen molar-refractivity contribution >= 4 is 25.6 Å². The predicted octanol–water partition coefficient (Wildman–Crippen LogP) is 4.25. The van der Waals surface area contributed by atoms with Gasteiger partial charge in [0.1, 0.15) is 0 Å². The van der Waals surface area contributed by atoms with Gasteiger partial charge in [-0.15, -0.1) is 0 Å². The summed E-state index contributed by atoms with van der Waals surface area (Å²) in [5, 5.41) is 1.08. The number of sulfone groups is 1. The maximum Gasteiger partial charge on any atom is 0.206 e. The Balaban J connectivity index is 1.69. The molecule has 5 heteroatoms. The fourth-order valence-corrected chi connectivity index (χ4v) is 5.15. The molecule has 1 fully saturated rings. The van der Waals surface area contributed by atoms with Crippen molar-refractivity contribution < 1.29 is 8.42 Å². The summed E-state index contributed by atoms with van der Waals surface area (Å²) >= 11 is 0. The monoisotopic (exact) mass is 380 g/mol. The van der Waals surface area contributed by atoms with Gasteiger partial charge in [0, 0.05) is 23.1 Å². The molecular formula is C22H24N2O2S. The molecule has 1 atom stereocenters. The number of aromatic amines is 1. The maximum absolute atomic E-state index is 12.9. The lowest BCUT2D eigenvalue weighted by atomic mass is 10.0. The van der Waals surface area contributed by atoms with E-state index in [9.17, 15) is 8.42 Å². The molecule has 3 aromatic rings. The van der Waals surface area contributed by atoms with E-state index in [1.165, 1.54) is 18.4 Å². The van der Waals surface area contributed by atoms with Gasteiger partial charge in [0.05, 0.1) is 9.80 Å². The number of hydrogen-bond acceptors (Lipinski definition) is 3. The van der Waals surface area contributed by atoms with Crippen molar-refractivity contribution in [3.05, 3.63) is 72.4 Å². The minimum atomic E-state index is -3.60. The van der Waals surface area contributed by atoms with Gasteiger partial charge in [0.15, 0.2) is 0 Å². The van der Waals surface area contributed by atoms with Gasteiger partial charge < -0.3 is 9.88 Å². The van der Waals surface area contributed by atoms with Crippen molar-refractivity contribution in [3.63, 3.8) is 0 Å². The Hall–Kier alpha value is -2.37. The van der Waals surface area contributed by atoms with Gasteiger partial charge >= 0.3 is 0 Å². The Bertz CT molecular complexity index is 1080. The second kappa shape index (κ2) is 6.98. The topological polar surface area (TPSA) is 53.2 Å². The summed E-state index contributed by atoms with van der Waals surface area (Å²) in [6.45, 7) is 5.05. The molecule has 4 nitrogen and oxygen atoms in total. The van der Waals surface area contributed by atoms with Crippen molar-refractivity contribution in [2.75, 3.05) is 13.6 Å². The third-order valence-electron chi connectivity index (χ3n) is 5.59. The van der Waals surface area contributed by atoms with Crippen LogP contribution in [0.3, 0.4) is 0 Å². The average Bonchev–Trinajstić information content (AvgIpc) is 3.28. The molecule has 0 saturated carbocycles. The molecule has 0 radical (unpaired) electrons. The van der Waals surface area contributed by atoms with E-state index in [1.807, 2.05) is 18.2 Å². The third kappa shape index (κ3) is 3.33. The molecule has 4 rings (SSSR count). The van der Waals surface area contributed by atoms with Crippen LogP contribution in [0.2, 0.25) is 0 Å². The van der Waals surface area contributed by atoms with Crippen molar-refractivity contribution in [2.45, 2.75) is 30.2 Å². The molecule has 2 heterocycles. The Kier molecular flexibility index (Phi) is 4.66. The third-order valence-corrected chi connectivity index (χ3v) is 7.37. The number of nitrogens with one attached hydrogen (secondary N) is 1. The minimum absolute atomic E-state index is 0.140. The van der Waals surface area contributed by atoms with E-state index >= 15 is 0 Å². The van der Waals surface area contributed by atoms with Crippen LogP contribution in [0, 0.1) is 0 Å². The molecule has 0 bridgehead atoms. The van der Waals surface area contributed by atoms with E-state index in [1.54, 1.807) is 30.3 Å². The summed E-state index contributed by atoms with van der Waals surface area (Å²) < 4.78 is 25.8. The zero-order valence-corrected chi connectivity index (χ0v) is 16.3. The highest BCUT2D eigenvalue weighted by atomic mass is 32.2. The van der Waals surface area contributed by atoms with E-state index in [-0.39, 0.29) is 9.80 Å². The largest absolute Gasteiger partial charge is 0.361 e. The van der Waals surface area contributed by atoms with Gasteiger partial charge in [-0.05, 0) is 68.2 Å². The maximum atomic E-state index is 12.9. The molecule has 1 aromatic heterocycles. The fourth-order valence-electron chi connectivity index (χ4n) is 3.91. The van der Waals surface area contributed by atoms with Crippen LogP contribution in [-0.2, 0) is 16.3 Å². The number of hydrogen-bond donors (Lipinski definition) is 1. The first kappa shape index (κ1) is 18.0. The van der Waals surface area contributed by atoms with Crippen LogP contribution in [0.5, 0.6) is 0 Å². The van der Waals surface area contributed by atoms with Crippen molar-refractivity contribution in [1.29, 1.82) is 0 Å². The quantitative estimate of drug-likeness (QED) is 0.720. The van der Waals surface area contributed by atoms with Crippen LogP contribution in [0.25, 0.3) is 15.8 Å². The summed E-state index contributed by atoms with van der Waals surface area (Å²) in [5.41, 5.74) is 2.90. The van der Waals surface area contributed by atoms with Crippen LogP contribution in [0.15, 0.2) is 66.2 Å². The molecule has 27 heavy (non-hydrogen) atoms. The first-order valence-corrected chi connectivity index (χ1v) is 10.7. The Morgan fingerprint density at radius 1 is 1.22 bits per heavy atom. The van der Waals surface area contributed by atoms with Crippen LogP contribution in [-0.4, -0.2) is 37.9 Å². The first-order valence-electron chi connectivity index (χ1n) is 9.26. The number of H-pyrrole nitrogens is 1. The summed E-state index contributed by atoms with van der Waals surface area (Å²) in [6, 6.07) is 14.7. The number of nitrogens with zero attached hydrogens (tertiary/aromatic N) is 1. The molecule has 2 aromatic carbocycles. The minimum Gasteiger partial charge on any atom is -0.361 e. The van der Waals surface area contributed by atoms with E-state index in [4.69, 9.17) is 0 Å². The van der Waals surface area contributed by atoms with Crippen molar-refractivity contribution in [3.8, 4) is 0 Å². The van der Waals surface area contributed by atoms with E-state index in [2.05, 4.69) is 29.7 Å². The molecule has 1 aliphatic heterocycles. The second-order valence-corrected chi connectivity index (χ2v) is 9.27. The lowest BCUT2D eigenvalue weighted by molar-refractivity contribution is 0.310. The fraction of sp³-hybridized carbons (Fsp3) is 0.273. The number of benzene rings is 2. The van der Waals surface area contributed by atoms with E-state index in [0.29, 0.717) is 11.6 Å². The highest BCUT2D eigenvalue weighted by Gasteiger charge is 2.23. The van der Waals surface area contributed by atoms with Gasteiger partial charge in [0.2, 0.25) is 9.84 Å². The summed E-state index contributed by atoms with van der Waals surface area (Å²) in [4.78, 5) is 6.13. The molecule has 0 amide bonds. The van der Waals surface area contributed by atoms with Gasteiger partial charge in [-0.3, -0.25) is 0 Å². The van der Waals surface area contributed by atoms with Gasteiger partial charge in [-0.25, -0.2) is 8.42 Å². The van der Waals surface area contributed by atoms with Crippen molar-refractivity contribution in [1.82, 2.24) is 9.88 Å². The van der Waals surface area contributed by atoms with Gasteiger partial charge in [0.25, 0.3) is 0 Å². The van der Waals surface area contributed by atoms with Crippen LogP contribution in [0.4, 0.5) is 0 Å². The number of aromatic nitrogens is 1. The van der Waals surface area contributed by atoms with E-state index in [0.717, 1.165) is 23.9 Å². The zero-order valence-electron chi connectivity index (χ0n) is 15.5. The van der Waals surface area contributed by atoms with Gasteiger partial charge in [-0.1, -0.05) is 30.8 Å². The summed E-state index contributed by atoms with van der Waals surface area (Å²) in [7, 11) is -1.43. The zero-order chi connectivity index (χ0) is 19.0. The lowest BCUT2D eigenvalue weighted by Gasteiger charge is -2.18. The normalized spacial score (nSPS) is 18.2. The van der Waals surface area contributed by atoms with Gasteiger partial charge in [-0.2, -0.15) is 0 Å². The highest BCUT2D eigenvalue weighted by molar-refractivity contribution is 8.00.